The van der Waals surface area contributed by atoms with Crippen molar-refractivity contribution in [1.29, 1.82) is 0 Å². The van der Waals surface area contributed by atoms with Gasteiger partial charge in [-0.3, -0.25) is 0 Å². The van der Waals surface area contributed by atoms with Crippen LogP contribution in [-0.4, -0.2) is 0 Å². The summed E-state index contributed by atoms with van der Waals surface area (Å²) in [4.78, 5) is 0. The number of hydrogen-bond acceptors (Lipinski definition) is 0. The molecule has 0 aromatic heterocycles. The van der Waals surface area contributed by atoms with E-state index in [2.05, 4.69) is 58.9 Å². The van der Waals surface area contributed by atoms with Crippen molar-refractivity contribution in [2.24, 2.45) is 17.8 Å². The first-order valence-corrected chi connectivity index (χ1v) is 6.39. The van der Waals surface area contributed by atoms with Crippen LogP contribution in [0, 0.1) is 17.8 Å². The van der Waals surface area contributed by atoms with Gasteiger partial charge in [-0.25, -0.2) is 0 Å². The van der Waals surface area contributed by atoms with Crippen LogP contribution in [0.15, 0.2) is 24.3 Å². The maximum atomic E-state index is 2.37. The third-order valence-corrected chi connectivity index (χ3v) is 2.52. The van der Waals surface area contributed by atoms with Gasteiger partial charge in [-0.1, -0.05) is 58.9 Å². The first-order chi connectivity index (χ1) is 7.06. The van der Waals surface area contributed by atoms with Crippen molar-refractivity contribution in [2.45, 2.75) is 53.9 Å². The molecular formula is C15H28. The SMILES string of the molecule is CCC=CC(C)CC=CC(C)CC(C)C. The van der Waals surface area contributed by atoms with E-state index in [1.165, 1.54) is 12.8 Å². The third-order valence-electron chi connectivity index (χ3n) is 2.52. The molecule has 0 aromatic rings. The summed E-state index contributed by atoms with van der Waals surface area (Å²) in [6.45, 7) is 11.4. The highest BCUT2D eigenvalue weighted by Gasteiger charge is 2.00. The van der Waals surface area contributed by atoms with Gasteiger partial charge in [-0.2, -0.15) is 0 Å². The molecule has 0 bridgehead atoms. The second kappa shape index (κ2) is 8.76. The van der Waals surface area contributed by atoms with E-state index in [9.17, 15) is 0 Å². The van der Waals surface area contributed by atoms with Crippen LogP contribution in [-0.2, 0) is 0 Å². The van der Waals surface area contributed by atoms with E-state index in [4.69, 9.17) is 0 Å². The third kappa shape index (κ3) is 9.78. The van der Waals surface area contributed by atoms with Gasteiger partial charge in [-0.15, -0.1) is 0 Å². The summed E-state index contributed by atoms with van der Waals surface area (Å²) in [6.07, 6.45) is 12.9. The lowest BCUT2D eigenvalue weighted by Gasteiger charge is -2.09. The quantitative estimate of drug-likeness (QED) is 0.503. The summed E-state index contributed by atoms with van der Waals surface area (Å²) in [7, 11) is 0. The molecule has 0 fully saturated rings. The molecule has 0 aromatic carbocycles. The Morgan fingerprint density at radius 1 is 0.867 bits per heavy atom. The fourth-order valence-electron chi connectivity index (χ4n) is 1.79. The van der Waals surface area contributed by atoms with Gasteiger partial charge in [0, 0.05) is 0 Å². The maximum absolute atomic E-state index is 2.37. The molecule has 0 radical (unpaired) electrons. The summed E-state index contributed by atoms with van der Waals surface area (Å²) >= 11 is 0. The van der Waals surface area contributed by atoms with Crippen LogP contribution in [0.2, 0.25) is 0 Å². The first-order valence-electron chi connectivity index (χ1n) is 6.39. The maximum Gasteiger partial charge on any atom is -0.0227 e. The molecule has 88 valence electrons. The van der Waals surface area contributed by atoms with Gasteiger partial charge < -0.3 is 0 Å². The van der Waals surface area contributed by atoms with Crippen molar-refractivity contribution in [3.05, 3.63) is 24.3 Å². The molecule has 0 N–H and O–H groups in total. The van der Waals surface area contributed by atoms with Gasteiger partial charge in [0.2, 0.25) is 0 Å². The zero-order valence-electron chi connectivity index (χ0n) is 11.2. The number of rotatable bonds is 7. The predicted molar refractivity (Wildman–Crippen MR) is 71.0 cm³/mol. The minimum Gasteiger partial charge on any atom is -0.0885 e. The lowest BCUT2D eigenvalue weighted by molar-refractivity contribution is 0.501. The molecule has 2 unspecified atom stereocenters. The second-order valence-corrected chi connectivity index (χ2v) is 5.08. The number of allylic oxidation sites excluding steroid dienone is 4. The van der Waals surface area contributed by atoms with Crippen LogP contribution >= 0.6 is 0 Å². The monoisotopic (exact) mass is 208 g/mol. The van der Waals surface area contributed by atoms with E-state index < -0.39 is 0 Å². The van der Waals surface area contributed by atoms with E-state index in [0.717, 1.165) is 18.3 Å². The van der Waals surface area contributed by atoms with Crippen molar-refractivity contribution >= 4 is 0 Å². The Labute approximate surface area is 96.5 Å². The standard InChI is InChI=1S/C15H28/c1-6-7-9-14(4)10-8-11-15(5)12-13(2)3/h7-9,11,13-15H,6,10,12H2,1-5H3. The molecular weight excluding hydrogens is 180 g/mol. The summed E-state index contributed by atoms with van der Waals surface area (Å²) in [5, 5.41) is 0. The van der Waals surface area contributed by atoms with E-state index >= 15 is 0 Å². The highest BCUT2D eigenvalue weighted by Crippen LogP contribution is 2.13. The largest absolute Gasteiger partial charge is 0.0885 e. The van der Waals surface area contributed by atoms with Crippen LogP contribution < -0.4 is 0 Å². The second-order valence-electron chi connectivity index (χ2n) is 5.08. The van der Waals surface area contributed by atoms with Crippen LogP contribution in [0.1, 0.15) is 53.9 Å². The van der Waals surface area contributed by atoms with E-state index in [1.807, 2.05) is 0 Å². The van der Waals surface area contributed by atoms with Crippen LogP contribution in [0.4, 0.5) is 0 Å². The normalized spacial score (nSPS) is 16.7. The van der Waals surface area contributed by atoms with Crippen molar-refractivity contribution in [3.63, 3.8) is 0 Å². The zero-order chi connectivity index (χ0) is 11.7. The molecule has 0 spiro atoms. The Morgan fingerprint density at radius 3 is 2.00 bits per heavy atom. The summed E-state index contributed by atoms with van der Waals surface area (Å²) in [6, 6.07) is 0. The van der Waals surface area contributed by atoms with Crippen LogP contribution in [0.25, 0.3) is 0 Å². The Kier molecular flexibility index (Phi) is 8.46. The molecule has 0 amide bonds. The number of hydrogen-bond donors (Lipinski definition) is 0. The minimum atomic E-state index is 0.687. The lowest BCUT2D eigenvalue weighted by Crippen LogP contribution is -1.96. The average molecular weight is 208 g/mol. The van der Waals surface area contributed by atoms with E-state index in [0.29, 0.717) is 5.92 Å². The Bertz CT molecular complexity index is 186. The molecule has 0 aliphatic heterocycles. The van der Waals surface area contributed by atoms with Gasteiger partial charge in [0.05, 0.1) is 0 Å². The van der Waals surface area contributed by atoms with Gasteiger partial charge >= 0.3 is 0 Å². The smallest absolute Gasteiger partial charge is 0.0227 e. The first kappa shape index (κ1) is 14.5. The molecule has 0 aliphatic carbocycles. The zero-order valence-corrected chi connectivity index (χ0v) is 11.2. The van der Waals surface area contributed by atoms with Gasteiger partial charge in [-0.05, 0) is 37.0 Å². The Balaban J connectivity index is 3.73. The van der Waals surface area contributed by atoms with E-state index in [-0.39, 0.29) is 0 Å². The topological polar surface area (TPSA) is 0 Å². The fraction of sp³-hybridized carbons (Fsp3) is 0.733. The van der Waals surface area contributed by atoms with Gasteiger partial charge in [0.15, 0.2) is 0 Å². The van der Waals surface area contributed by atoms with Gasteiger partial charge in [0.1, 0.15) is 0 Å². The highest BCUT2D eigenvalue weighted by atomic mass is 14.1. The Morgan fingerprint density at radius 2 is 1.47 bits per heavy atom. The summed E-state index contributed by atoms with van der Waals surface area (Å²) in [5.74, 6) is 2.22. The molecule has 15 heavy (non-hydrogen) atoms. The molecule has 0 heteroatoms. The van der Waals surface area contributed by atoms with Crippen LogP contribution in [0.3, 0.4) is 0 Å². The summed E-state index contributed by atoms with van der Waals surface area (Å²) in [5.41, 5.74) is 0. The summed E-state index contributed by atoms with van der Waals surface area (Å²) < 4.78 is 0. The van der Waals surface area contributed by atoms with Gasteiger partial charge in [0.25, 0.3) is 0 Å². The molecule has 0 rings (SSSR count). The average Bonchev–Trinajstić information content (AvgIpc) is 2.13. The molecule has 0 heterocycles. The molecule has 0 saturated heterocycles. The highest BCUT2D eigenvalue weighted by molar-refractivity contribution is 4.93. The molecule has 0 saturated carbocycles. The van der Waals surface area contributed by atoms with E-state index in [1.54, 1.807) is 0 Å². The molecule has 2 atom stereocenters. The Hall–Kier alpha value is -0.520. The van der Waals surface area contributed by atoms with Crippen molar-refractivity contribution in [3.8, 4) is 0 Å². The predicted octanol–water partition coefficient (Wildman–Crippen LogP) is 5.22. The van der Waals surface area contributed by atoms with Crippen LogP contribution in [0.5, 0.6) is 0 Å². The molecule has 0 aliphatic rings. The fourth-order valence-corrected chi connectivity index (χ4v) is 1.79. The molecule has 0 nitrogen and oxygen atoms in total. The van der Waals surface area contributed by atoms with Crippen molar-refractivity contribution < 1.29 is 0 Å². The minimum absolute atomic E-state index is 0.687. The van der Waals surface area contributed by atoms with Crippen molar-refractivity contribution in [2.75, 3.05) is 0 Å². The lowest BCUT2D eigenvalue weighted by atomic mass is 9.97. The van der Waals surface area contributed by atoms with Crippen molar-refractivity contribution in [1.82, 2.24) is 0 Å².